The second-order valence-electron chi connectivity index (χ2n) is 5.58. The molecule has 0 radical (unpaired) electrons. The van der Waals surface area contributed by atoms with Gasteiger partial charge in [-0.05, 0) is 36.1 Å². The van der Waals surface area contributed by atoms with Crippen molar-refractivity contribution in [2.75, 3.05) is 17.2 Å². The number of para-hydroxylation sites is 2. The standard InChI is InChI=1S/C18H21FN2O/c1-12(2)14-8-6-7-13(3)18(14)21-17(22)11-20-16-10-5-4-9-15(16)19/h4-10,12,20H,11H2,1-3H3,(H,21,22). The lowest BCUT2D eigenvalue weighted by Gasteiger charge is -2.16. The Bertz CT molecular complexity index is 668. The second kappa shape index (κ2) is 7.07. The zero-order valence-corrected chi connectivity index (χ0v) is 13.1. The van der Waals surface area contributed by atoms with Crippen LogP contribution in [0, 0.1) is 12.7 Å². The molecule has 0 aliphatic heterocycles. The van der Waals surface area contributed by atoms with Crippen molar-refractivity contribution >= 4 is 17.3 Å². The molecule has 116 valence electrons. The van der Waals surface area contributed by atoms with Gasteiger partial charge < -0.3 is 10.6 Å². The number of amides is 1. The van der Waals surface area contributed by atoms with E-state index in [0.29, 0.717) is 11.6 Å². The zero-order valence-electron chi connectivity index (χ0n) is 13.1. The van der Waals surface area contributed by atoms with E-state index in [9.17, 15) is 9.18 Å². The molecule has 2 aromatic rings. The van der Waals surface area contributed by atoms with Gasteiger partial charge in [-0.3, -0.25) is 4.79 Å². The molecule has 0 saturated heterocycles. The maximum atomic E-state index is 13.5. The molecule has 0 atom stereocenters. The predicted molar refractivity (Wildman–Crippen MR) is 88.8 cm³/mol. The fourth-order valence-electron chi connectivity index (χ4n) is 2.31. The summed E-state index contributed by atoms with van der Waals surface area (Å²) in [6.07, 6.45) is 0. The van der Waals surface area contributed by atoms with E-state index in [4.69, 9.17) is 0 Å². The van der Waals surface area contributed by atoms with Gasteiger partial charge in [0, 0.05) is 5.69 Å². The van der Waals surface area contributed by atoms with E-state index in [-0.39, 0.29) is 18.3 Å². The third kappa shape index (κ3) is 3.85. The largest absolute Gasteiger partial charge is 0.374 e. The van der Waals surface area contributed by atoms with Gasteiger partial charge in [0.2, 0.25) is 5.91 Å². The van der Waals surface area contributed by atoms with Crippen LogP contribution in [0.1, 0.15) is 30.9 Å². The molecule has 22 heavy (non-hydrogen) atoms. The van der Waals surface area contributed by atoms with Crippen molar-refractivity contribution in [1.82, 2.24) is 0 Å². The van der Waals surface area contributed by atoms with E-state index < -0.39 is 0 Å². The van der Waals surface area contributed by atoms with E-state index in [0.717, 1.165) is 16.8 Å². The maximum Gasteiger partial charge on any atom is 0.243 e. The number of carbonyl (C=O) groups is 1. The highest BCUT2D eigenvalue weighted by molar-refractivity contribution is 5.95. The number of aryl methyl sites for hydroxylation is 1. The Kier molecular flexibility index (Phi) is 5.15. The Morgan fingerprint density at radius 2 is 1.86 bits per heavy atom. The summed E-state index contributed by atoms with van der Waals surface area (Å²) in [5.41, 5.74) is 3.29. The summed E-state index contributed by atoms with van der Waals surface area (Å²) in [7, 11) is 0. The summed E-state index contributed by atoms with van der Waals surface area (Å²) in [6.45, 7) is 6.16. The number of nitrogens with one attached hydrogen (secondary N) is 2. The number of rotatable bonds is 5. The van der Waals surface area contributed by atoms with Crippen molar-refractivity contribution in [1.29, 1.82) is 0 Å². The van der Waals surface area contributed by atoms with Crippen molar-refractivity contribution in [3.63, 3.8) is 0 Å². The molecule has 0 aliphatic rings. The van der Waals surface area contributed by atoms with Crippen LogP contribution in [0.15, 0.2) is 42.5 Å². The molecule has 0 saturated carbocycles. The molecule has 2 aromatic carbocycles. The third-order valence-electron chi connectivity index (χ3n) is 3.50. The minimum atomic E-state index is -0.367. The molecule has 0 aromatic heterocycles. The van der Waals surface area contributed by atoms with Gasteiger partial charge in [-0.2, -0.15) is 0 Å². The average molecular weight is 300 g/mol. The Morgan fingerprint density at radius 3 is 2.55 bits per heavy atom. The summed E-state index contributed by atoms with van der Waals surface area (Å²) < 4.78 is 13.5. The molecular weight excluding hydrogens is 279 g/mol. The molecule has 0 unspecified atom stereocenters. The van der Waals surface area contributed by atoms with E-state index in [2.05, 4.69) is 24.5 Å². The molecule has 0 bridgehead atoms. The number of carbonyl (C=O) groups excluding carboxylic acids is 1. The number of halogens is 1. The molecule has 0 spiro atoms. The van der Waals surface area contributed by atoms with Gasteiger partial charge in [0.15, 0.2) is 0 Å². The Hall–Kier alpha value is -2.36. The molecule has 4 heteroatoms. The molecule has 2 N–H and O–H groups in total. The van der Waals surface area contributed by atoms with Crippen LogP contribution in [0.5, 0.6) is 0 Å². The van der Waals surface area contributed by atoms with Gasteiger partial charge in [-0.15, -0.1) is 0 Å². The van der Waals surface area contributed by atoms with Crippen molar-refractivity contribution < 1.29 is 9.18 Å². The minimum Gasteiger partial charge on any atom is -0.374 e. The predicted octanol–water partition coefficient (Wildman–Crippen LogP) is 4.31. The summed E-state index contributed by atoms with van der Waals surface area (Å²) >= 11 is 0. The van der Waals surface area contributed by atoms with Crippen LogP contribution >= 0.6 is 0 Å². The SMILES string of the molecule is Cc1cccc(C(C)C)c1NC(=O)CNc1ccccc1F. The van der Waals surface area contributed by atoms with Crippen molar-refractivity contribution in [3.05, 3.63) is 59.4 Å². The highest BCUT2D eigenvalue weighted by Crippen LogP contribution is 2.27. The minimum absolute atomic E-state index is 0.0206. The summed E-state index contributed by atoms with van der Waals surface area (Å²) in [5.74, 6) is -0.247. The Balaban J connectivity index is 2.05. The van der Waals surface area contributed by atoms with E-state index in [1.807, 2.05) is 25.1 Å². The molecule has 2 rings (SSSR count). The fraction of sp³-hybridized carbons (Fsp3) is 0.278. The van der Waals surface area contributed by atoms with E-state index >= 15 is 0 Å². The normalized spacial score (nSPS) is 10.6. The smallest absolute Gasteiger partial charge is 0.243 e. The van der Waals surface area contributed by atoms with E-state index in [1.165, 1.54) is 6.07 Å². The highest BCUT2D eigenvalue weighted by atomic mass is 19.1. The van der Waals surface area contributed by atoms with Gasteiger partial charge in [0.25, 0.3) is 0 Å². The summed E-state index contributed by atoms with van der Waals surface area (Å²) in [5, 5.41) is 5.74. The van der Waals surface area contributed by atoms with E-state index in [1.54, 1.807) is 18.2 Å². The van der Waals surface area contributed by atoms with Crippen molar-refractivity contribution in [2.45, 2.75) is 26.7 Å². The highest BCUT2D eigenvalue weighted by Gasteiger charge is 2.12. The van der Waals surface area contributed by atoms with Gasteiger partial charge >= 0.3 is 0 Å². The quantitative estimate of drug-likeness (QED) is 0.864. The summed E-state index contributed by atoms with van der Waals surface area (Å²) in [4.78, 5) is 12.1. The first-order valence-electron chi connectivity index (χ1n) is 7.36. The topological polar surface area (TPSA) is 41.1 Å². The van der Waals surface area contributed by atoms with Crippen LogP contribution in [0.4, 0.5) is 15.8 Å². The average Bonchev–Trinajstić information content (AvgIpc) is 2.48. The summed E-state index contributed by atoms with van der Waals surface area (Å²) in [6, 6.07) is 12.3. The number of benzene rings is 2. The van der Waals surface area contributed by atoms with Gasteiger partial charge in [0.05, 0.1) is 12.2 Å². The lowest BCUT2D eigenvalue weighted by Crippen LogP contribution is -2.23. The molecule has 0 aliphatic carbocycles. The number of anilines is 2. The zero-order chi connectivity index (χ0) is 16.1. The molecule has 0 fully saturated rings. The second-order valence-corrected chi connectivity index (χ2v) is 5.58. The molecular formula is C18H21FN2O. The van der Waals surface area contributed by atoms with Crippen LogP contribution < -0.4 is 10.6 Å². The van der Waals surface area contributed by atoms with Crippen LogP contribution in [-0.4, -0.2) is 12.5 Å². The van der Waals surface area contributed by atoms with Crippen LogP contribution in [0.25, 0.3) is 0 Å². The first kappa shape index (κ1) is 16.0. The fourth-order valence-corrected chi connectivity index (χ4v) is 2.31. The van der Waals surface area contributed by atoms with Crippen molar-refractivity contribution in [3.8, 4) is 0 Å². The third-order valence-corrected chi connectivity index (χ3v) is 3.50. The molecule has 3 nitrogen and oxygen atoms in total. The first-order chi connectivity index (χ1) is 10.5. The monoisotopic (exact) mass is 300 g/mol. The lowest BCUT2D eigenvalue weighted by molar-refractivity contribution is -0.114. The van der Waals surface area contributed by atoms with Gasteiger partial charge in [-0.25, -0.2) is 4.39 Å². The molecule has 1 amide bonds. The number of hydrogen-bond donors (Lipinski definition) is 2. The number of hydrogen-bond acceptors (Lipinski definition) is 2. The van der Waals surface area contributed by atoms with Crippen LogP contribution in [0.3, 0.4) is 0 Å². The van der Waals surface area contributed by atoms with Gasteiger partial charge in [0.1, 0.15) is 5.82 Å². The maximum absolute atomic E-state index is 13.5. The lowest BCUT2D eigenvalue weighted by atomic mass is 9.98. The molecule has 0 heterocycles. The first-order valence-corrected chi connectivity index (χ1v) is 7.36. The van der Waals surface area contributed by atoms with Gasteiger partial charge in [-0.1, -0.05) is 44.2 Å². The Morgan fingerprint density at radius 1 is 1.14 bits per heavy atom. The van der Waals surface area contributed by atoms with Crippen LogP contribution in [0.2, 0.25) is 0 Å². The Labute approximate surface area is 130 Å². The van der Waals surface area contributed by atoms with Crippen molar-refractivity contribution in [2.24, 2.45) is 0 Å². The van der Waals surface area contributed by atoms with Crippen LogP contribution in [-0.2, 0) is 4.79 Å².